The summed E-state index contributed by atoms with van der Waals surface area (Å²) in [6.45, 7) is 2.21. The van der Waals surface area contributed by atoms with Crippen molar-refractivity contribution in [1.82, 2.24) is 0 Å². The maximum Gasteiger partial charge on any atom is 0.335 e. The Kier molecular flexibility index (Phi) is 6.82. The van der Waals surface area contributed by atoms with Crippen molar-refractivity contribution >= 4 is 5.97 Å². The standard InChI is InChI=1S/C24H28F2O2/c1-2-3-4-5-16-6-8-17(9-7-16)22-14-18(10-12-21(22)24(27)28)20-13-11-19(25)15-23(20)26/h10-17H,2-9H2,1H3,(H,27,28)/t16-,17-. The van der Waals surface area contributed by atoms with Crippen LogP contribution < -0.4 is 0 Å². The Hall–Kier alpha value is -2.23. The topological polar surface area (TPSA) is 37.3 Å². The number of carboxylic acid groups (broad SMARTS) is 1. The van der Waals surface area contributed by atoms with Gasteiger partial charge in [-0.2, -0.15) is 0 Å². The Bertz CT molecular complexity index is 823. The van der Waals surface area contributed by atoms with Crippen LogP contribution in [0.2, 0.25) is 0 Å². The monoisotopic (exact) mass is 386 g/mol. The first kappa shape index (κ1) is 20.5. The van der Waals surface area contributed by atoms with Gasteiger partial charge in [-0.05, 0) is 72.9 Å². The van der Waals surface area contributed by atoms with E-state index in [9.17, 15) is 18.7 Å². The lowest BCUT2D eigenvalue weighted by Gasteiger charge is -2.30. The van der Waals surface area contributed by atoms with Crippen LogP contribution in [0.25, 0.3) is 11.1 Å². The van der Waals surface area contributed by atoms with Gasteiger partial charge in [-0.15, -0.1) is 0 Å². The van der Waals surface area contributed by atoms with Crippen LogP contribution >= 0.6 is 0 Å². The minimum atomic E-state index is -0.953. The van der Waals surface area contributed by atoms with Gasteiger partial charge in [0.2, 0.25) is 0 Å². The highest BCUT2D eigenvalue weighted by molar-refractivity contribution is 5.90. The molecule has 0 unspecified atom stereocenters. The summed E-state index contributed by atoms with van der Waals surface area (Å²) < 4.78 is 27.4. The molecule has 0 amide bonds. The molecule has 0 radical (unpaired) electrons. The Morgan fingerprint density at radius 2 is 1.79 bits per heavy atom. The molecule has 0 aliphatic heterocycles. The molecule has 0 saturated heterocycles. The van der Waals surface area contributed by atoms with Gasteiger partial charge in [0.25, 0.3) is 0 Å². The van der Waals surface area contributed by atoms with E-state index in [4.69, 9.17) is 0 Å². The minimum absolute atomic E-state index is 0.178. The van der Waals surface area contributed by atoms with Gasteiger partial charge in [0.15, 0.2) is 0 Å². The third kappa shape index (κ3) is 4.78. The average molecular weight is 386 g/mol. The van der Waals surface area contributed by atoms with Crippen molar-refractivity contribution in [1.29, 1.82) is 0 Å². The van der Waals surface area contributed by atoms with E-state index in [0.29, 0.717) is 16.7 Å². The lowest BCUT2D eigenvalue weighted by molar-refractivity contribution is 0.0694. The summed E-state index contributed by atoms with van der Waals surface area (Å²) in [5, 5.41) is 9.62. The normalized spacial score (nSPS) is 19.5. The smallest absolute Gasteiger partial charge is 0.335 e. The van der Waals surface area contributed by atoms with Crippen LogP contribution in [0, 0.1) is 17.6 Å². The van der Waals surface area contributed by atoms with E-state index in [0.717, 1.165) is 43.2 Å². The fraction of sp³-hybridized carbons (Fsp3) is 0.458. The molecule has 0 atom stereocenters. The molecular weight excluding hydrogens is 358 g/mol. The predicted octanol–water partition coefficient (Wildman–Crippen LogP) is 7.18. The van der Waals surface area contributed by atoms with Gasteiger partial charge in [0.1, 0.15) is 11.6 Å². The predicted molar refractivity (Wildman–Crippen MR) is 108 cm³/mol. The fourth-order valence-corrected chi connectivity index (χ4v) is 4.43. The fourth-order valence-electron chi connectivity index (χ4n) is 4.43. The average Bonchev–Trinajstić information content (AvgIpc) is 2.68. The van der Waals surface area contributed by atoms with Gasteiger partial charge in [-0.3, -0.25) is 0 Å². The first-order valence-corrected chi connectivity index (χ1v) is 10.3. The number of hydrogen-bond acceptors (Lipinski definition) is 1. The number of unbranched alkanes of at least 4 members (excludes halogenated alkanes) is 2. The lowest BCUT2D eigenvalue weighted by Crippen LogP contribution is -2.16. The molecule has 28 heavy (non-hydrogen) atoms. The number of rotatable bonds is 7. The lowest BCUT2D eigenvalue weighted by atomic mass is 9.75. The van der Waals surface area contributed by atoms with Crippen LogP contribution in [0.5, 0.6) is 0 Å². The summed E-state index contributed by atoms with van der Waals surface area (Å²) in [5.74, 6) is -1.30. The van der Waals surface area contributed by atoms with Crippen LogP contribution in [-0.4, -0.2) is 11.1 Å². The van der Waals surface area contributed by atoms with Gasteiger partial charge >= 0.3 is 5.97 Å². The SMILES string of the molecule is CCCCC[C@H]1CC[C@H](c2cc(-c3ccc(F)cc3F)ccc2C(=O)O)CC1. The van der Waals surface area contributed by atoms with Crippen LogP contribution in [0.4, 0.5) is 8.78 Å². The molecule has 2 nitrogen and oxygen atoms in total. The molecule has 0 heterocycles. The van der Waals surface area contributed by atoms with Crippen LogP contribution in [-0.2, 0) is 0 Å². The number of halogens is 2. The van der Waals surface area contributed by atoms with Gasteiger partial charge < -0.3 is 5.11 Å². The van der Waals surface area contributed by atoms with Gasteiger partial charge in [0, 0.05) is 11.6 Å². The number of hydrogen-bond donors (Lipinski definition) is 1. The zero-order chi connectivity index (χ0) is 20.1. The second-order valence-electron chi connectivity index (χ2n) is 7.94. The number of carbonyl (C=O) groups is 1. The highest BCUT2D eigenvalue weighted by atomic mass is 19.1. The summed E-state index contributed by atoms with van der Waals surface area (Å²) in [6.07, 6.45) is 9.18. The molecule has 4 heteroatoms. The highest BCUT2D eigenvalue weighted by Gasteiger charge is 2.26. The maximum atomic E-state index is 14.2. The Morgan fingerprint density at radius 3 is 2.43 bits per heavy atom. The zero-order valence-corrected chi connectivity index (χ0v) is 16.4. The van der Waals surface area contributed by atoms with Crippen molar-refractivity contribution in [3.8, 4) is 11.1 Å². The van der Waals surface area contributed by atoms with Crippen LogP contribution in [0.3, 0.4) is 0 Å². The third-order valence-electron chi connectivity index (χ3n) is 6.03. The molecule has 2 aromatic carbocycles. The van der Waals surface area contributed by atoms with E-state index in [2.05, 4.69) is 6.92 Å². The van der Waals surface area contributed by atoms with Gasteiger partial charge in [-0.25, -0.2) is 13.6 Å². The maximum absolute atomic E-state index is 14.2. The largest absolute Gasteiger partial charge is 0.478 e. The molecule has 1 N–H and O–H groups in total. The Morgan fingerprint density at radius 1 is 1.04 bits per heavy atom. The van der Waals surface area contributed by atoms with E-state index in [1.54, 1.807) is 18.2 Å². The number of carboxylic acids is 1. The molecule has 1 fully saturated rings. The summed E-state index contributed by atoms with van der Waals surface area (Å²) in [4.78, 5) is 11.7. The van der Waals surface area contributed by atoms with Crippen molar-refractivity contribution in [2.45, 2.75) is 64.2 Å². The number of benzene rings is 2. The zero-order valence-electron chi connectivity index (χ0n) is 16.4. The molecule has 1 aliphatic rings. The molecule has 0 spiro atoms. The van der Waals surface area contributed by atoms with Crippen LogP contribution in [0.15, 0.2) is 36.4 Å². The van der Waals surface area contributed by atoms with Crippen molar-refractivity contribution in [2.75, 3.05) is 0 Å². The molecule has 150 valence electrons. The number of aromatic carboxylic acids is 1. The first-order valence-electron chi connectivity index (χ1n) is 10.3. The second kappa shape index (κ2) is 9.31. The van der Waals surface area contributed by atoms with Gasteiger partial charge in [0.05, 0.1) is 5.56 Å². The van der Waals surface area contributed by atoms with Gasteiger partial charge in [-0.1, -0.05) is 38.7 Å². The van der Waals surface area contributed by atoms with Crippen molar-refractivity contribution in [3.05, 3.63) is 59.2 Å². The Labute approximate surface area is 165 Å². The summed E-state index contributed by atoms with van der Waals surface area (Å²) in [5.41, 5.74) is 1.97. The molecule has 1 aliphatic carbocycles. The van der Waals surface area contributed by atoms with Crippen LogP contribution in [0.1, 0.15) is 80.1 Å². The van der Waals surface area contributed by atoms with Crippen molar-refractivity contribution in [2.24, 2.45) is 5.92 Å². The highest BCUT2D eigenvalue weighted by Crippen LogP contribution is 2.40. The van der Waals surface area contributed by atoms with E-state index in [1.807, 2.05) is 0 Å². The second-order valence-corrected chi connectivity index (χ2v) is 7.94. The molecule has 0 bridgehead atoms. The van der Waals surface area contributed by atoms with E-state index >= 15 is 0 Å². The molecular formula is C24H28F2O2. The van der Waals surface area contributed by atoms with Crippen molar-refractivity contribution < 1.29 is 18.7 Å². The quantitative estimate of drug-likeness (QED) is 0.512. The Balaban J connectivity index is 1.82. The summed E-state index contributed by atoms with van der Waals surface area (Å²) in [7, 11) is 0. The summed E-state index contributed by atoms with van der Waals surface area (Å²) >= 11 is 0. The molecule has 3 rings (SSSR count). The minimum Gasteiger partial charge on any atom is -0.478 e. The third-order valence-corrected chi connectivity index (χ3v) is 6.03. The van der Waals surface area contributed by atoms with Crippen molar-refractivity contribution in [3.63, 3.8) is 0 Å². The van der Waals surface area contributed by atoms with E-state index in [-0.39, 0.29) is 5.92 Å². The summed E-state index contributed by atoms with van der Waals surface area (Å²) in [6, 6.07) is 8.46. The molecule has 1 saturated carbocycles. The molecule has 0 aromatic heterocycles. The molecule has 2 aromatic rings. The first-order chi connectivity index (χ1) is 13.5. The van der Waals surface area contributed by atoms with E-state index in [1.165, 1.54) is 37.8 Å². The van der Waals surface area contributed by atoms with E-state index < -0.39 is 17.6 Å².